The van der Waals surface area contributed by atoms with E-state index in [0.717, 1.165) is 18.9 Å². The molecule has 0 amide bonds. The largest absolute Gasteiger partial charge is 0.313 e. The van der Waals surface area contributed by atoms with Gasteiger partial charge in [0, 0.05) is 18.4 Å². The first-order valence-electron chi connectivity index (χ1n) is 7.84. The molecular weight excluding hydrogens is 222 g/mol. The standard InChI is InChI=1S/C16H23NO/c18-15-9-10-3-1-4-11(10)12-6-7-14-13(16(12)15)5-2-8-17-14/h10-11,13-14,17H,1-9H2. The molecule has 18 heavy (non-hydrogen) atoms. The highest BCUT2D eigenvalue weighted by molar-refractivity contribution is 5.98. The van der Waals surface area contributed by atoms with Crippen molar-refractivity contribution in [2.24, 2.45) is 17.8 Å². The highest BCUT2D eigenvalue weighted by Gasteiger charge is 2.44. The Morgan fingerprint density at radius 1 is 1.00 bits per heavy atom. The second-order valence-corrected chi connectivity index (χ2v) is 6.71. The zero-order valence-electron chi connectivity index (χ0n) is 11.1. The molecule has 98 valence electrons. The summed E-state index contributed by atoms with van der Waals surface area (Å²) in [6, 6.07) is 0.611. The van der Waals surface area contributed by atoms with Gasteiger partial charge in [0.1, 0.15) is 0 Å². The van der Waals surface area contributed by atoms with Gasteiger partial charge in [0.15, 0.2) is 5.78 Å². The molecule has 0 aromatic heterocycles. The van der Waals surface area contributed by atoms with E-state index in [1.165, 1.54) is 50.5 Å². The number of rotatable bonds is 0. The maximum absolute atomic E-state index is 12.5. The molecule has 1 aliphatic heterocycles. The Labute approximate surface area is 109 Å². The van der Waals surface area contributed by atoms with Crippen LogP contribution in [0.5, 0.6) is 0 Å². The maximum Gasteiger partial charge on any atom is 0.159 e. The lowest BCUT2D eigenvalue weighted by Crippen LogP contribution is -2.47. The summed E-state index contributed by atoms with van der Waals surface area (Å²) < 4.78 is 0. The maximum atomic E-state index is 12.5. The number of Topliss-reactive ketones (excluding diaryl/α,β-unsaturated/α-hetero) is 1. The molecular formula is C16H23NO. The van der Waals surface area contributed by atoms with Crippen LogP contribution in [0.15, 0.2) is 11.1 Å². The number of nitrogens with one attached hydrogen (secondary N) is 1. The van der Waals surface area contributed by atoms with E-state index in [-0.39, 0.29) is 0 Å². The average Bonchev–Trinajstić information content (AvgIpc) is 2.86. The lowest BCUT2D eigenvalue weighted by atomic mass is 9.64. The summed E-state index contributed by atoms with van der Waals surface area (Å²) >= 11 is 0. The quantitative estimate of drug-likeness (QED) is 0.711. The third kappa shape index (κ3) is 1.54. The van der Waals surface area contributed by atoms with E-state index < -0.39 is 0 Å². The van der Waals surface area contributed by atoms with Crippen LogP contribution in [0, 0.1) is 17.8 Å². The van der Waals surface area contributed by atoms with Crippen LogP contribution in [0.2, 0.25) is 0 Å². The predicted octanol–water partition coefficient (Wildman–Crippen LogP) is 2.83. The number of carbonyl (C=O) groups excluding carboxylic acids is 1. The van der Waals surface area contributed by atoms with E-state index >= 15 is 0 Å². The number of fused-ring (bicyclic) bond motifs is 4. The number of piperidine rings is 1. The van der Waals surface area contributed by atoms with Crippen molar-refractivity contribution in [3.05, 3.63) is 11.1 Å². The normalized spacial score (nSPS) is 43.4. The zero-order chi connectivity index (χ0) is 12.1. The van der Waals surface area contributed by atoms with E-state index in [2.05, 4.69) is 5.32 Å². The lowest BCUT2D eigenvalue weighted by Gasteiger charge is -2.43. The predicted molar refractivity (Wildman–Crippen MR) is 71.2 cm³/mol. The molecule has 0 aromatic rings. The van der Waals surface area contributed by atoms with Crippen molar-refractivity contribution < 1.29 is 4.79 Å². The Balaban J connectivity index is 1.74. The lowest BCUT2D eigenvalue weighted by molar-refractivity contribution is -0.118. The molecule has 1 saturated carbocycles. The van der Waals surface area contributed by atoms with Crippen molar-refractivity contribution in [2.45, 2.75) is 57.4 Å². The molecule has 0 aromatic carbocycles. The molecule has 1 N–H and O–H groups in total. The highest BCUT2D eigenvalue weighted by Crippen LogP contribution is 2.50. The Kier molecular flexibility index (Phi) is 2.61. The van der Waals surface area contributed by atoms with Gasteiger partial charge in [-0.2, -0.15) is 0 Å². The van der Waals surface area contributed by atoms with Gasteiger partial charge in [0.2, 0.25) is 0 Å². The third-order valence-electron chi connectivity index (χ3n) is 5.88. The van der Waals surface area contributed by atoms with Crippen LogP contribution in [0.1, 0.15) is 51.4 Å². The first-order chi connectivity index (χ1) is 8.84. The highest BCUT2D eigenvalue weighted by atomic mass is 16.1. The minimum absolute atomic E-state index is 0.520. The van der Waals surface area contributed by atoms with Gasteiger partial charge in [-0.1, -0.05) is 12.0 Å². The van der Waals surface area contributed by atoms with Gasteiger partial charge in [-0.05, 0) is 62.5 Å². The van der Waals surface area contributed by atoms with Crippen molar-refractivity contribution >= 4 is 5.78 Å². The average molecular weight is 245 g/mol. The van der Waals surface area contributed by atoms with E-state index in [9.17, 15) is 4.79 Å². The molecule has 4 aliphatic rings. The van der Waals surface area contributed by atoms with Crippen LogP contribution in [0.25, 0.3) is 0 Å². The van der Waals surface area contributed by atoms with Crippen LogP contribution in [-0.4, -0.2) is 18.4 Å². The molecule has 2 fully saturated rings. The molecule has 0 spiro atoms. The van der Waals surface area contributed by atoms with Crippen LogP contribution in [0.4, 0.5) is 0 Å². The summed E-state index contributed by atoms with van der Waals surface area (Å²) in [4.78, 5) is 12.5. The molecule has 4 unspecified atom stereocenters. The summed E-state index contributed by atoms with van der Waals surface area (Å²) in [5, 5.41) is 3.65. The molecule has 1 heterocycles. The van der Waals surface area contributed by atoms with Crippen molar-refractivity contribution in [1.82, 2.24) is 5.32 Å². The Bertz CT molecular complexity index is 411. The van der Waals surface area contributed by atoms with Gasteiger partial charge in [-0.25, -0.2) is 0 Å². The number of hydrogen-bond acceptors (Lipinski definition) is 2. The van der Waals surface area contributed by atoms with E-state index in [4.69, 9.17) is 0 Å². The number of ketones is 1. The monoisotopic (exact) mass is 245 g/mol. The van der Waals surface area contributed by atoms with Gasteiger partial charge in [-0.3, -0.25) is 4.79 Å². The third-order valence-corrected chi connectivity index (χ3v) is 5.88. The molecule has 2 heteroatoms. The molecule has 0 radical (unpaired) electrons. The van der Waals surface area contributed by atoms with Crippen LogP contribution < -0.4 is 5.32 Å². The van der Waals surface area contributed by atoms with Crippen LogP contribution in [0.3, 0.4) is 0 Å². The molecule has 1 saturated heterocycles. The SMILES string of the molecule is O=C1CC2CCCC2C2=C1C1CCCNC1CC2. The molecule has 0 bridgehead atoms. The topological polar surface area (TPSA) is 29.1 Å². The number of allylic oxidation sites excluding steroid dienone is 1. The Hall–Kier alpha value is -0.630. The van der Waals surface area contributed by atoms with E-state index in [0.29, 0.717) is 23.7 Å². The van der Waals surface area contributed by atoms with Crippen molar-refractivity contribution in [2.75, 3.05) is 6.54 Å². The Morgan fingerprint density at radius 2 is 1.89 bits per heavy atom. The van der Waals surface area contributed by atoms with Crippen molar-refractivity contribution in [1.29, 1.82) is 0 Å². The minimum atomic E-state index is 0.520. The van der Waals surface area contributed by atoms with Crippen molar-refractivity contribution in [3.63, 3.8) is 0 Å². The van der Waals surface area contributed by atoms with Gasteiger partial charge >= 0.3 is 0 Å². The number of hydrogen-bond donors (Lipinski definition) is 1. The minimum Gasteiger partial charge on any atom is -0.313 e. The second kappa shape index (κ2) is 4.19. The fourth-order valence-corrected chi connectivity index (χ4v) is 5.14. The fraction of sp³-hybridized carbons (Fsp3) is 0.812. The summed E-state index contributed by atoms with van der Waals surface area (Å²) in [5.41, 5.74) is 2.92. The van der Waals surface area contributed by atoms with Gasteiger partial charge in [-0.15, -0.1) is 0 Å². The summed E-state index contributed by atoms with van der Waals surface area (Å²) in [6.07, 6.45) is 9.87. The van der Waals surface area contributed by atoms with E-state index in [1.807, 2.05) is 0 Å². The summed E-state index contributed by atoms with van der Waals surface area (Å²) in [6.45, 7) is 1.16. The summed E-state index contributed by atoms with van der Waals surface area (Å²) in [5.74, 6) is 2.59. The van der Waals surface area contributed by atoms with Gasteiger partial charge < -0.3 is 5.32 Å². The summed E-state index contributed by atoms with van der Waals surface area (Å²) in [7, 11) is 0. The molecule has 3 aliphatic carbocycles. The van der Waals surface area contributed by atoms with Gasteiger partial charge in [0.25, 0.3) is 0 Å². The smallest absolute Gasteiger partial charge is 0.159 e. The van der Waals surface area contributed by atoms with Crippen molar-refractivity contribution in [3.8, 4) is 0 Å². The molecule has 4 atom stereocenters. The van der Waals surface area contributed by atoms with Gasteiger partial charge in [0.05, 0.1) is 0 Å². The molecule has 4 rings (SSSR count). The first kappa shape index (κ1) is 11.2. The fourth-order valence-electron chi connectivity index (χ4n) is 5.14. The molecule has 2 nitrogen and oxygen atoms in total. The van der Waals surface area contributed by atoms with Crippen LogP contribution >= 0.6 is 0 Å². The Morgan fingerprint density at radius 3 is 2.83 bits per heavy atom. The zero-order valence-corrected chi connectivity index (χ0v) is 11.1. The van der Waals surface area contributed by atoms with E-state index in [1.54, 1.807) is 5.57 Å². The second-order valence-electron chi connectivity index (χ2n) is 6.71. The van der Waals surface area contributed by atoms with Crippen LogP contribution in [-0.2, 0) is 4.79 Å². The number of carbonyl (C=O) groups is 1. The first-order valence-corrected chi connectivity index (χ1v) is 7.84.